The van der Waals surface area contributed by atoms with E-state index >= 15 is 0 Å². The summed E-state index contributed by atoms with van der Waals surface area (Å²) in [6, 6.07) is 22.0. The van der Waals surface area contributed by atoms with Gasteiger partial charge in [-0.15, -0.1) is 0 Å². The first kappa shape index (κ1) is 32.0. The standard InChI is InChI=1S/C31H38ClN3O5S/c1-5-23(3)33-31(37)29(20-24-11-8-7-9-12-24)34(21-25-13-10-14-26(32)19-25)30(36)22-35(41(4,38)39)27-15-17-28(18-16-27)40-6-2/h7-19,23,29H,5-6,20-22H2,1-4H3,(H,33,37)/t23-,29+/m0/s1. The molecule has 0 saturated carbocycles. The van der Waals surface area contributed by atoms with Crippen LogP contribution in [0.1, 0.15) is 38.3 Å². The zero-order valence-electron chi connectivity index (χ0n) is 23.9. The quantitative estimate of drug-likeness (QED) is 0.279. The van der Waals surface area contributed by atoms with E-state index < -0.39 is 28.5 Å². The van der Waals surface area contributed by atoms with Crippen LogP contribution in [0.25, 0.3) is 0 Å². The lowest BCUT2D eigenvalue weighted by Crippen LogP contribution is -2.54. The molecule has 1 N–H and O–H groups in total. The van der Waals surface area contributed by atoms with Crippen LogP contribution in [0, 0.1) is 0 Å². The summed E-state index contributed by atoms with van der Waals surface area (Å²) in [5.41, 5.74) is 1.90. The predicted octanol–water partition coefficient (Wildman–Crippen LogP) is 5.06. The highest BCUT2D eigenvalue weighted by molar-refractivity contribution is 7.92. The Hall–Kier alpha value is -3.56. The Morgan fingerprint density at radius 2 is 1.61 bits per heavy atom. The van der Waals surface area contributed by atoms with Crippen LogP contribution in [0.3, 0.4) is 0 Å². The van der Waals surface area contributed by atoms with Gasteiger partial charge in [-0.25, -0.2) is 8.42 Å². The van der Waals surface area contributed by atoms with E-state index in [9.17, 15) is 18.0 Å². The average molecular weight is 600 g/mol. The minimum absolute atomic E-state index is 0.0612. The fourth-order valence-corrected chi connectivity index (χ4v) is 5.38. The Kier molecular flexibility index (Phi) is 11.6. The summed E-state index contributed by atoms with van der Waals surface area (Å²) in [4.78, 5) is 29.2. The number of sulfonamides is 1. The van der Waals surface area contributed by atoms with Crippen LogP contribution in [0.2, 0.25) is 5.02 Å². The van der Waals surface area contributed by atoms with Crippen LogP contribution in [-0.4, -0.2) is 56.6 Å². The summed E-state index contributed by atoms with van der Waals surface area (Å²) >= 11 is 6.25. The van der Waals surface area contributed by atoms with E-state index in [0.717, 1.165) is 16.1 Å². The zero-order chi connectivity index (χ0) is 30.0. The third kappa shape index (κ3) is 9.50. The minimum Gasteiger partial charge on any atom is -0.494 e. The Morgan fingerprint density at radius 3 is 2.20 bits per heavy atom. The number of hydrogen-bond donors (Lipinski definition) is 1. The van der Waals surface area contributed by atoms with Crippen LogP contribution in [0.4, 0.5) is 5.69 Å². The molecule has 10 heteroatoms. The number of halogens is 1. The summed E-state index contributed by atoms with van der Waals surface area (Å²) in [7, 11) is -3.86. The Balaban J connectivity index is 2.04. The molecule has 8 nitrogen and oxygen atoms in total. The minimum atomic E-state index is -3.86. The third-order valence-electron chi connectivity index (χ3n) is 6.63. The van der Waals surface area contributed by atoms with Gasteiger partial charge in [0.15, 0.2) is 0 Å². The molecule has 2 atom stereocenters. The molecule has 3 aromatic rings. The summed E-state index contributed by atoms with van der Waals surface area (Å²) in [6.07, 6.45) is 2.01. The average Bonchev–Trinajstić information content (AvgIpc) is 2.94. The van der Waals surface area contributed by atoms with Crippen molar-refractivity contribution in [3.63, 3.8) is 0 Å². The largest absolute Gasteiger partial charge is 0.494 e. The molecule has 2 amide bonds. The first-order valence-electron chi connectivity index (χ1n) is 13.6. The summed E-state index contributed by atoms with van der Waals surface area (Å²) in [6.45, 7) is 5.76. The number of rotatable bonds is 14. The molecular weight excluding hydrogens is 562 g/mol. The second kappa shape index (κ2) is 14.9. The number of anilines is 1. The van der Waals surface area contributed by atoms with Crippen molar-refractivity contribution in [2.75, 3.05) is 23.7 Å². The van der Waals surface area contributed by atoms with Gasteiger partial charge in [0.1, 0.15) is 18.3 Å². The molecule has 0 aliphatic carbocycles. The SMILES string of the molecule is CCOc1ccc(N(CC(=O)N(Cc2cccc(Cl)c2)[C@H](Cc2ccccc2)C(=O)N[C@@H](C)CC)S(C)(=O)=O)cc1. The number of nitrogens with zero attached hydrogens (tertiary/aromatic N) is 2. The predicted molar refractivity (Wildman–Crippen MR) is 164 cm³/mol. The van der Waals surface area contributed by atoms with Crippen molar-refractivity contribution < 1.29 is 22.7 Å². The summed E-state index contributed by atoms with van der Waals surface area (Å²) in [5, 5.41) is 3.50. The Bertz CT molecular complexity index is 1400. The highest BCUT2D eigenvalue weighted by Crippen LogP contribution is 2.23. The maximum Gasteiger partial charge on any atom is 0.244 e. The summed E-state index contributed by atoms with van der Waals surface area (Å²) in [5.74, 6) is -0.252. The van der Waals surface area contributed by atoms with Gasteiger partial charge in [-0.3, -0.25) is 13.9 Å². The molecule has 3 aromatic carbocycles. The van der Waals surface area contributed by atoms with Crippen LogP contribution in [0.5, 0.6) is 5.75 Å². The van der Waals surface area contributed by atoms with Crippen molar-refractivity contribution >= 4 is 39.1 Å². The van der Waals surface area contributed by atoms with Gasteiger partial charge >= 0.3 is 0 Å². The lowest BCUT2D eigenvalue weighted by molar-refractivity contribution is -0.140. The van der Waals surface area contributed by atoms with E-state index in [0.29, 0.717) is 35.1 Å². The van der Waals surface area contributed by atoms with Crippen molar-refractivity contribution in [2.24, 2.45) is 0 Å². The van der Waals surface area contributed by atoms with Crippen molar-refractivity contribution in [3.05, 3.63) is 95.0 Å². The molecule has 0 bridgehead atoms. The van der Waals surface area contributed by atoms with Gasteiger partial charge in [0.05, 0.1) is 18.6 Å². The fraction of sp³-hybridized carbons (Fsp3) is 0.355. The maximum atomic E-state index is 14.1. The Morgan fingerprint density at radius 1 is 0.951 bits per heavy atom. The van der Waals surface area contributed by atoms with Gasteiger partial charge in [-0.1, -0.05) is 61.0 Å². The molecule has 0 spiro atoms. The van der Waals surface area contributed by atoms with E-state index in [-0.39, 0.29) is 24.9 Å². The number of amides is 2. The third-order valence-corrected chi connectivity index (χ3v) is 8.00. The molecule has 3 rings (SSSR count). The number of carbonyl (C=O) groups excluding carboxylic acids is 2. The second-order valence-corrected chi connectivity index (χ2v) is 12.2. The Labute approximate surface area is 248 Å². The number of ether oxygens (including phenoxy) is 1. The van der Waals surface area contributed by atoms with Gasteiger partial charge in [-0.2, -0.15) is 0 Å². The highest BCUT2D eigenvalue weighted by Gasteiger charge is 2.33. The van der Waals surface area contributed by atoms with E-state index in [1.807, 2.05) is 57.2 Å². The summed E-state index contributed by atoms with van der Waals surface area (Å²) < 4.78 is 32.3. The van der Waals surface area contributed by atoms with Crippen LogP contribution in [-0.2, 0) is 32.6 Å². The van der Waals surface area contributed by atoms with Crippen LogP contribution >= 0.6 is 11.6 Å². The molecule has 0 fully saturated rings. The van der Waals surface area contributed by atoms with E-state index in [1.54, 1.807) is 42.5 Å². The topological polar surface area (TPSA) is 96.0 Å². The first-order valence-corrected chi connectivity index (χ1v) is 15.8. The highest BCUT2D eigenvalue weighted by atomic mass is 35.5. The molecule has 0 aromatic heterocycles. The monoisotopic (exact) mass is 599 g/mol. The first-order chi connectivity index (χ1) is 19.5. The number of benzene rings is 3. The van der Waals surface area contributed by atoms with Crippen molar-refractivity contribution in [1.29, 1.82) is 0 Å². The van der Waals surface area contributed by atoms with Gasteiger partial charge in [0, 0.05) is 24.0 Å². The van der Waals surface area contributed by atoms with Crippen LogP contribution in [0.15, 0.2) is 78.9 Å². The molecule has 0 heterocycles. The maximum absolute atomic E-state index is 14.1. The molecular formula is C31H38ClN3O5S. The van der Waals surface area contributed by atoms with Crippen molar-refractivity contribution in [1.82, 2.24) is 10.2 Å². The van der Waals surface area contributed by atoms with Crippen molar-refractivity contribution in [3.8, 4) is 5.75 Å². The van der Waals surface area contributed by atoms with Crippen LogP contribution < -0.4 is 14.4 Å². The molecule has 0 aliphatic rings. The van der Waals surface area contributed by atoms with E-state index in [2.05, 4.69) is 5.32 Å². The fourth-order valence-electron chi connectivity index (χ4n) is 4.32. The smallest absolute Gasteiger partial charge is 0.244 e. The van der Waals surface area contributed by atoms with Gasteiger partial charge in [0.25, 0.3) is 0 Å². The second-order valence-electron chi connectivity index (χ2n) is 9.87. The molecule has 41 heavy (non-hydrogen) atoms. The molecule has 0 saturated heterocycles. The van der Waals surface area contributed by atoms with E-state index in [1.165, 1.54) is 4.90 Å². The molecule has 0 aliphatic heterocycles. The number of hydrogen-bond acceptors (Lipinski definition) is 5. The van der Waals surface area contributed by atoms with E-state index in [4.69, 9.17) is 16.3 Å². The van der Waals surface area contributed by atoms with Gasteiger partial charge in [0.2, 0.25) is 21.8 Å². The number of nitrogens with one attached hydrogen (secondary N) is 1. The van der Waals surface area contributed by atoms with Gasteiger partial charge < -0.3 is 15.0 Å². The zero-order valence-corrected chi connectivity index (χ0v) is 25.5. The molecule has 220 valence electrons. The van der Waals surface area contributed by atoms with Gasteiger partial charge in [-0.05, 0) is 67.8 Å². The molecule has 0 radical (unpaired) electrons. The molecule has 0 unspecified atom stereocenters. The normalized spacial score (nSPS) is 12.7. The van der Waals surface area contributed by atoms with Crippen molar-refractivity contribution in [2.45, 2.75) is 52.2 Å². The lowest BCUT2D eigenvalue weighted by atomic mass is 10.0. The lowest BCUT2D eigenvalue weighted by Gasteiger charge is -2.34. The number of carbonyl (C=O) groups is 2.